The lowest BCUT2D eigenvalue weighted by Gasteiger charge is -2.50. The van der Waals surface area contributed by atoms with E-state index in [4.69, 9.17) is 23.7 Å². The minimum absolute atomic E-state index is 0.0210. The molecule has 5 N–H and O–H groups in total. The molecule has 3 rings (SSSR count). The Balaban J connectivity index is 1.96. The Labute approximate surface area is 308 Å². The number of allylic oxidation sites excluding steroid dienone is 3. The third-order valence-electron chi connectivity index (χ3n) is 10.9. The summed E-state index contributed by atoms with van der Waals surface area (Å²) in [7, 11) is 3.51. The molecule has 14 nitrogen and oxygen atoms in total. The SMILES string of the molecule is CC[C@H]1OC(=O)C[C@@H](O)[C@H](C)[C@@H](O[C@@H]2O[C@H](C)C(O[C@H]3CC(C)(O)C(O)[C@@H](C)O3)C(N(C)C)C2O)[C@@H](CC=O)C[C@@H](C)C(=O)/C=C/C(C)=C/[C@@H]1CO. The Morgan fingerprint density at radius 2 is 1.69 bits per heavy atom. The number of esters is 1. The Hall–Kier alpha value is -2.11. The van der Waals surface area contributed by atoms with Crippen LogP contribution in [0.25, 0.3) is 0 Å². The molecular weight excluding hydrogens is 678 g/mol. The van der Waals surface area contributed by atoms with Crippen molar-refractivity contribution in [2.45, 2.75) is 154 Å². The standard InChI is InChI=1S/C38H63NO13/c1-10-29-26(19-41)15-20(2)11-12-27(42)21(3)16-25(13-14-40)34(22(4)28(43)17-30(44)50-29)52-37-33(45)32(39(8)9)35(23(5)49-37)51-31-18-38(7,47)36(46)24(6)48-31/h11-12,14-15,21-26,28-29,31-37,41,43,45-47H,10,13,16-19H2,1-9H3/b12-11+,20-15+/t21-,22+,23-,24-,25+,26-,28-,29-,31+,32?,33?,34-,35?,36?,37+,38?/m1/s1. The second-order valence-electron chi connectivity index (χ2n) is 15.5. The summed E-state index contributed by atoms with van der Waals surface area (Å²) < 4.78 is 30.7. The Morgan fingerprint density at radius 3 is 2.27 bits per heavy atom. The van der Waals surface area contributed by atoms with Gasteiger partial charge in [-0.25, -0.2) is 0 Å². The van der Waals surface area contributed by atoms with E-state index in [0.717, 1.165) is 6.29 Å². The predicted octanol–water partition coefficient (Wildman–Crippen LogP) is 1.67. The van der Waals surface area contributed by atoms with Crippen LogP contribution in [0.3, 0.4) is 0 Å². The smallest absolute Gasteiger partial charge is 0.308 e. The maximum Gasteiger partial charge on any atom is 0.308 e. The Morgan fingerprint density at radius 1 is 1.02 bits per heavy atom. The van der Waals surface area contributed by atoms with Gasteiger partial charge in [-0.15, -0.1) is 0 Å². The van der Waals surface area contributed by atoms with E-state index < -0.39 is 109 Å². The van der Waals surface area contributed by atoms with Crippen molar-refractivity contribution in [2.24, 2.45) is 23.7 Å². The quantitative estimate of drug-likeness (QED) is 0.169. The van der Waals surface area contributed by atoms with Crippen molar-refractivity contribution < 1.29 is 63.6 Å². The first-order valence-electron chi connectivity index (χ1n) is 18.5. The molecule has 0 amide bonds. The second kappa shape index (κ2) is 19.5. The average Bonchev–Trinajstić information content (AvgIpc) is 3.07. The number of carbonyl (C=O) groups is 3. The summed E-state index contributed by atoms with van der Waals surface area (Å²) in [6.45, 7) is 11.6. The topological polar surface area (TPSA) is 202 Å². The molecule has 0 bridgehead atoms. The lowest BCUT2D eigenvalue weighted by molar-refractivity contribution is -0.341. The fourth-order valence-corrected chi connectivity index (χ4v) is 7.68. The number of hydrogen-bond donors (Lipinski definition) is 5. The highest BCUT2D eigenvalue weighted by atomic mass is 16.7. The minimum Gasteiger partial charge on any atom is -0.462 e. The first-order chi connectivity index (χ1) is 24.3. The van der Waals surface area contributed by atoms with Crippen molar-refractivity contribution in [1.82, 2.24) is 4.90 Å². The fraction of sp³-hybridized carbons (Fsp3) is 0.816. The van der Waals surface area contributed by atoms with Gasteiger partial charge in [0.2, 0.25) is 0 Å². The molecule has 0 aliphatic carbocycles. The molecule has 2 saturated heterocycles. The first-order valence-corrected chi connectivity index (χ1v) is 18.5. The molecular formula is C38H63NO13. The van der Waals surface area contributed by atoms with Crippen LogP contribution >= 0.6 is 0 Å². The number of aliphatic hydroxyl groups is 5. The molecule has 0 saturated carbocycles. The first kappa shape index (κ1) is 44.3. The molecule has 5 unspecified atom stereocenters. The van der Waals surface area contributed by atoms with Gasteiger partial charge >= 0.3 is 5.97 Å². The molecule has 0 radical (unpaired) electrons. The van der Waals surface area contributed by atoms with Gasteiger partial charge in [-0.2, -0.15) is 0 Å². The number of rotatable bonds is 9. The van der Waals surface area contributed by atoms with Gasteiger partial charge in [0.05, 0.1) is 49.1 Å². The average molecular weight is 742 g/mol. The van der Waals surface area contributed by atoms with Crippen molar-refractivity contribution in [1.29, 1.82) is 0 Å². The number of ether oxygens (including phenoxy) is 5. The molecule has 0 aromatic carbocycles. The van der Waals surface area contributed by atoms with Crippen molar-refractivity contribution in [3.8, 4) is 0 Å². The molecule has 0 aromatic rings. The van der Waals surface area contributed by atoms with Crippen molar-refractivity contribution >= 4 is 18.0 Å². The number of hydrogen-bond acceptors (Lipinski definition) is 14. The van der Waals surface area contributed by atoms with E-state index in [1.807, 2.05) is 6.92 Å². The van der Waals surface area contributed by atoms with Crippen LogP contribution in [-0.4, -0.2) is 142 Å². The van der Waals surface area contributed by atoms with Crippen LogP contribution < -0.4 is 0 Å². The zero-order valence-corrected chi connectivity index (χ0v) is 32.2. The highest BCUT2D eigenvalue weighted by molar-refractivity contribution is 5.91. The van der Waals surface area contributed by atoms with Gasteiger partial charge in [0, 0.05) is 30.6 Å². The van der Waals surface area contributed by atoms with Gasteiger partial charge in [-0.1, -0.05) is 38.5 Å². The Bertz CT molecular complexity index is 1240. The summed E-state index contributed by atoms with van der Waals surface area (Å²) in [5, 5.41) is 54.5. The molecule has 3 aliphatic rings. The molecule has 16 atom stereocenters. The number of aliphatic hydroxyl groups excluding tert-OH is 4. The van der Waals surface area contributed by atoms with Gasteiger partial charge in [-0.05, 0) is 66.6 Å². The number of cyclic esters (lactones) is 1. The maximum absolute atomic E-state index is 13.3. The number of aldehydes is 1. The van der Waals surface area contributed by atoms with Crippen LogP contribution in [0.2, 0.25) is 0 Å². The van der Waals surface area contributed by atoms with Crippen molar-refractivity contribution in [3.63, 3.8) is 0 Å². The van der Waals surface area contributed by atoms with Gasteiger partial charge in [0.1, 0.15) is 30.7 Å². The van der Waals surface area contributed by atoms with Crippen LogP contribution in [0.4, 0.5) is 0 Å². The summed E-state index contributed by atoms with van der Waals surface area (Å²) in [5.41, 5.74) is -0.773. The van der Waals surface area contributed by atoms with E-state index in [1.54, 1.807) is 65.8 Å². The number of ketones is 1. The van der Waals surface area contributed by atoms with E-state index >= 15 is 0 Å². The van der Waals surface area contributed by atoms with Crippen molar-refractivity contribution in [2.75, 3.05) is 20.7 Å². The second-order valence-corrected chi connectivity index (χ2v) is 15.5. The monoisotopic (exact) mass is 741 g/mol. The molecule has 3 aliphatic heterocycles. The van der Waals surface area contributed by atoms with E-state index in [1.165, 1.54) is 13.0 Å². The molecule has 2 fully saturated rings. The summed E-state index contributed by atoms with van der Waals surface area (Å²) >= 11 is 0. The number of carbonyl (C=O) groups excluding carboxylic acids is 3. The van der Waals surface area contributed by atoms with Crippen LogP contribution in [-0.2, 0) is 38.1 Å². The molecule has 3 heterocycles. The summed E-state index contributed by atoms with van der Waals surface area (Å²) in [6.07, 6.45) is -4.08. The minimum atomic E-state index is -1.47. The molecule has 0 spiro atoms. The highest BCUT2D eigenvalue weighted by Crippen LogP contribution is 2.37. The Kier molecular flexibility index (Phi) is 16.6. The van der Waals surface area contributed by atoms with Gasteiger partial charge in [-0.3, -0.25) is 9.59 Å². The summed E-state index contributed by atoms with van der Waals surface area (Å²) in [5.74, 6) is -3.38. The largest absolute Gasteiger partial charge is 0.462 e. The summed E-state index contributed by atoms with van der Waals surface area (Å²) in [4.78, 5) is 40.3. The molecule has 52 heavy (non-hydrogen) atoms. The highest BCUT2D eigenvalue weighted by Gasteiger charge is 2.51. The normalized spacial score (nSPS) is 44.8. The van der Waals surface area contributed by atoms with Gasteiger partial charge in [0.15, 0.2) is 18.4 Å². The zero-order valence-electron chi connectivity index (χ0n) is 32.2. The number of nitrogens with zero attached hydrogens (tertiary/aromatic N) is 1. The van der Waals surface area contributed by atoms with E-state index in [9.17, 15) is 39.9 Å². The van der Waals surface area contributed by atoms with Crippen LogP contribution in [0.15, 0.2) is 23.8 Å². The molecule has 0 aromatic heterocycles. The third kappa shape index (κ3) is 11.2. The van der Waals surface area contributed by atoms with Crippen LogP contribution in [0.5, 0.6) is 0 Å². The lowest BCUT2D eigenvalue weighted by Crippen LogP contribution is -2.65. The maximum atomic E-state index is 13.3. The van der Waals surface area contributed by atoms with E-state index in [-0.39, 0.29) is 31.7 Å². The summed E-state index contributed by atoms with van der Waals surface area (Å²) in [6, 6.07) is -0.720. The molecule has 298 valence electrons. The van der Waals surface area contributed by atoms with E-state index in [0.29, 0.717) is 12.0 Å². The molecule has 14 heteroatoms. The van der Waals surface area contributed by atoms with Gasteiger partial charge < -0.3 is 58.9 Å². The van der Waals surface area contributed by atoms with Crippen LogP contribution in [0.1, 0.15) is 80.6 Å². The van der Waals surface area contributed by atoms with Crippen LogP contribution in [0, 0.1) is 23.7 Å². The van der Waals surface area contributed by atoms with Crippen molar-refractivity contribution in [3.05, 3.63) is 23.8 Å². The van der Waals surface area contributed by atoms with E-state index in [2.05, 4.69) is 0 Å². The zero-order chi connectivity index (χ0) is 39.1. The number of likely N-dealkylation sites (N-methyl/N-ethyl adjacent to an activating group) is 1. The predicted molar refractivity (Wildman–Crippen MR) is 190 cm³/mol. The van der Waals surface area contributed by atoms with Gasteiger partial charge in [0.25, 0.3) is 0 Å². The fourth-order valence-electron chi connectivity index (χ4n) is 7.68. The lowest BCUT2D eigenvalue weighted by atomic mass is 9.79. The third-order valence-corrected chi connectivity index (χ3v) is 10.9.